The number of aliphatic hydroxyl groups is 1. The number of amides is 2. The molecule has 0 unspecified atom stereocenters. The zero-order chi connectivity index (χ0) is 8.97. The second-order valence-corrected chi connectivity index (χ2v) is 2.20. The standard InChI is InChI=1S/C7H9NO4/c9-3-4-12-5-8-6(10)1-2-7(8)11/h1-2,9H,3-5H2. The van der Waals surface area contributed by atoms with Gasteiger partial charge >= 0.3 is 0 Å². The Hall–Kier alpha value is -1.20. The SMILES string of the molecule is O=C1C=CC(=O)N1COCCO. The number of nitrogens with zero attached hydrogens (tertiary/aromatic N) is 1. The molecule has 1 rings (SSSR count). The first-order chi connectivity index (χ1) is 5.75. The average Bonchev–Trinajstić information content (AvgIpc) is 2.35. The van der Waals surface area contributed by atoms with Gasteiger partial charge in [0.05, 0.1) is 13.2 Å². The van der Waals surface area contributed by atoms with Crippen molar-refractivity contribution in [2.45, 2.75) is 0 Å². The third-order valence-electron chi connectivity index (χ3n) is 1.36. The largest absolute Gasteiger partial charge is 0.394 e. The van der Waals surface area contributed by atoms with Crippen LogP contribution in [-0.4, -0.2) is 41.8 Å². The van der Waals surface area contributed by atoms with Crippen molar-refractivity contribution >= 4 is 11.8 Å². The second-order valence-electron chi connectivity index (χ2n) is 2.20. The summed E-state index contributed by atoms with van der Waals surface area (Å²) >= 11 is 0. The van der Waals surface area contributed by atoms with Gasteiger partial charge in [-0.05, 0) is 0 Å². The lowest BCUT2D eigenvalue weighted by atomic mass is 10.6. The smallest absolute Gasteiger partial charge is 0.255 e. The summed E-state index contributed by atoms with van der Waals surface area (Å²) in [7, 11) is 0. The van der Waals surface area contributed by atoms with E-state index in [-0.39, 0.29) is 31.8 Å². The maximum Gasteiger partial charge on any atom is 0.255 e. The average molecular weight is 171 g/mol. The van der Waals surface area contributed by atoms with Crippen molar-refractivity contribution in [2.75, 3.05) is 19.9 Å². The monoisotopic (exact) mass is 171 g/mol. The van der Waals surface area contributed by atoms with Crippen molar-refractivity contribution in [1.82, 2.24) is 4.90 Å². The molecule has 0 spiro atoms. The van der Waals surface area contributed by atoms with Gasteiger partial charge in [-0.2, -0.15) is 0 Å². The lowest BCUT2D eigenvalue weighted by Gasteiger charge is -2.12. The lowest BCUT2D eigenvalue weighted by molar-refractivity contribution is -0.143. The fraction of sp³-hybridized carbons (Fsp3) is 0.429. The molecule has 0 radical (unpaired) electrons. The fourth-order valence-corrected chi connectivity index (χ4v) is 0.779. The van der Waals surface area contributed by atoms with Gasteiger partial charge in [0.1, 0.15) is 6.73 Å². The number of aliphatic hydroxyl groups excluding tert-OH is 1. The Balaban J connectivity index is 2.33. The molecular formula is C7H9NO4. The Labute approximate surface area is 69.2 Å². The predicted octanol–water partition coefficient (Wildman–Crippen LogP) is -1.12. The van der Waals surface area contributed by atoms with Crippen molar-refractivity contribution < 1.29 is 19.4 Å². The molecular weight excluding hydrogens is 162 g/mol. The highest BCUT2D eigenvalue weighted by Crippen LogP contribution is 2.02. The number of rotatable bonds is 4. The number of imide groups is 1. The van der Waals surface area contributed by atoms with Gasteiger partial charge in [-0.25, -0.2) is 0 Å². The molecule has 1 heterocycles. The van der Waals surface area contributed by atoms with E-state index in [1.807, 2.05) is 0 Å². The van der Waals surface area contributed by atoms with Crippen LogP contribution in [0.3, 0.4) is 0 Å². The predicted molar refractivity (Wildman–Crippen MR) is 38.9 cm³/mol. The van der Waals surface area contributed by atoms with Crippen LogP contribution in [0.25, 0.3) is 0 Å². The van der Waals surface area contributed by atoms with Crippen LogP contribution >= 0.6 is 0 Å². The molecule has 5 nitrogen and oxygen atoms in total. The Morgan fingerprint density at radius 3 is 2.42 bits per heavy atom. The molecule has 0 atom stereocenters. The summed E-state index contributed by atoms with van der Waals surface area (Å²) in [5.41, 5.74) is 0. The van der Waals surface area contributed by atoms with Gasteiger partial charge < -0.3 is 9.84 Å². The molecule has 0 fully saturated rings. The molecule has 0 saturated heterocycles. The highest BCUT2D eigenvalue weighted by atomic mass is 16.5. The summed E-state index contributed by atoms with van der Waals surface area (Å²) in [6.45, 7) is -0.0913. The van der Waals surface area contributed by atoms with E-state index >= 15 is 0 Å². The minimum Gasteiger partial charge on any atom is -0.394 e. The number of carbonyl (C=O) groups excluding carboxylic acids is 2. The van der Waals surface area contributed by atoms with Crippen LogP contribution in [0, 0.1) is 0 Å². The quantitative estimate of drug-likeness (QED) is 0.429. The van der Waals surface area contributed by atoms with Crippen LogP contribution in [0.1, 0.15) is 0 Å². The van der Waals surface area contributed by atoms with Gasteiger partial charge in [0.25, 0.3) is 11.8 Å². The van der Waals surface area contributed by atoms with Gasteiger partial charge in [0.2, 0.25) is 0 Å². The third-order valence-corrected chi connectivity index (χ3v) is 1.36. The molecule has 0 aromatic heterocycles. The Kier molecular flexibility index (Phi) is 2.95. The van der Waals surface area contributed by atoms with E-state index in [1.54, 1.807) is 0 Å². The van der Waals surface area contributed by atoms with Gasteiger partial charge in [-0.15, -0.1) is 0 Å². The van der Waals surface area contributed by atoms with Crippen molar-refractivity contribution in [3.63, 3.8) is 0 Å². The van der Waals surface area contributed by atoms with Crippen LogP contribution in [0.15, 0.2) is 12.2 Å². The van der Waals surface area contributed by atoms with E-state index in [0.29, 0.717) is 0 Å². The molecule has 0 aliphatic carbocycles. The van der Waals surface area contributed by atoms with E-state index in [1.165, 1.54) is 12.2 Å². The topological polar surface area (TPSA) is 66.8 Å². The van der Waals surface area contributed by atoms with Crippen LogP contribution < -0.4 is 0 Å². The van der Waals surface area contributed by atoms with Crippen molar-refractivity contribution in [3.05, 3.63) is 12.2 Å². The van der Waals surface area contributed by atoms with Crippen LogP contribution in [0.4, 0.5) is 0 Å². The van der Waals surface area contributed by atoms with Crippen LogP contribution in [0.2, 0.25) is 0 Å². The number of hydrogen-bond donors (Lipinski definition) is 1. The third kappa shape index (κ3) is 1.90. The van der Waals surface area contributed by atoms with Gasteiger partial charge in [0, 0.05) is 12.2 Å². The number of hydrogen-bond acceptors (Lipinski definition) is 4. The first-order valence-electron chi connectivity index (χ1n) is 3.48. The first kappa shape index (κ1) is 8.89. The number of ether oxygens (including phenoxy) is 1. The molecule has 2 amide bonds. The molecule has 1 aliphatic heterocycles. The normalized spacial score (nSPS) is 16.2. The first-order valence-corrected chi connectivity index (χ1v) is 3.48. The van der Waals surface area contributed by atoms with E-state index in [4.69, 9.17) is 9.84 Å². The highest BCUT2D eigenvalue weighted by molar-refractivity contribution is 6.12. The Morgan fingerprint density at radius 1 is 1.33 bits per heavy atom. The van der Waals surface area contributed by atoms with Crippen molar-refractivity contribution in [1.29, 1.82) is 0 Å². The molecule has 0 bridgehead atoms. The van der Waals surface area contributed by atoms with E-state index < -0.39 is 0 Å². The maximum absolute atomic E-state index is 10.9. The summed E-state index contributed by atoms with van der Waals surface area (Å²) in [6.07, 6.45) is 2.37. The molecule has 0 aromatic carbocycles. The van der Waals surface area contributed by atoms with Crippen LogP contribution in [-0.2, 0) is 14.3 Å². The minimum absolute atomic E-state index is 0.0920. The Morgan fingerprint density at radius 2 is 1.92 bits per heavy atom. The van der Waals surface area contributed by atoms with E-state index in [2.05, 4.69) is 0 Å². The highest BCUT2D eigenvalue weighted by Gasteiger charge is 2.22. The van der Waals surface area contributed by atoms with Gasteiger partial charge in [0.15, 0.2) is 0 Å². The van der Waals surface area contributed by atoms with E-state index in [9.17, 15) is 9.59 Å². The van der Waals surface area contributed by atoms with Crippen molar-refractivity contribution in [3.8, 4) is 0 Å². The van der Waals surface area contributed by atoms with Gasteiger partial charge in [-0.3, -0.25) is 14.5 Å². The van der Waals surface area contributed by atoms with Crippen molar-refractivity contribution in [2.24, 2.45) is 0 Å². The lowest BCUT2D eigenvalue weighted by Crippen LogP contribution is -2.32. The zero-order valence-electron chi connectivity index (χ0n) is 6.40. The molecule has 1 aliphatic rings. The molecule has 12 heavy (non-hydrogen) atoms. The Bertz CT molecular complexity index is 205. The second kappa shape index (κ2) is 3.99. The summed E-state index contributed by atoms with van der Waals surface area (Å²) in [5.74, 6) is -0.754. The summed E-state index contributed by atoms with van der Waals surface area (Å²) < 4.78 is 4.80. The minimum atomic E-state index is -0.377. The maximum atomic E-state index is 10.9. The molecule has 0 saturated carbocycles. The van der Waals surface area contributed by atoms with Gasteiger partial charge in [-0.1, -0.05) is 0 Å². The summed E-state index contributed by atoms with van der Waals surface area (Å²) in [6, 6.07) is 0. The summed E-state index contributed by atoms with van der Waals surface area (Å²) in [5, 5.41) is 8.34. The van der Waals surface area contributed by atoms with E-state index in [0.717, 1.165) is 4.90 Å². The number of carbonyl (C=O) groups is 2. The van der Waals surface area contributed by atoms with Crippen LogP contribution in [0.5, 0.6) is 0 Å². The molecule has 66 valence electrons. The zero-order valence-corrected chi connectivity index (χ0v) is 6.40. The molecule has 5 heteroatoms. The molecule has 0 aromatic rings. The summed E-state index contributed by atoms with van der Waals surface area (Å²) in [4.78, 5) is 22.7. The fourth-order valence-electron chi connectivity index (χ4n) is 0.779. The molecule has 1 N–H and O–H groups in total.